The summed E-state index contributed by atoms with van der Waals surface area (Å²) in [6.07, 6.45) is 1.41. The van der Waals surface area contributed by atoms with E-state index in [4.69, 9.17) is 9.53 Å². The van der Waals surface area contributed by atoms with Gasteiger partial charge in [0.05, 0.1) is 6.61 Å². The van der Waals surface area contributed by atoms with Crippen LogP contribution in [0.4, 0.5) is 0 Å². The molecule has 1 unspecified atom stereocenters. The van der Waals surface area contributed by atoms with Crippen LogP contribution in [-0.4, -0.2) is 32.0 Å². The van der Waals surface area contributed by atoms with Crippen LogP contribution < -0.4 is 5.32 Å². The molecule has 4 nitrogen and oxygen atoms in total. The predicted molar refractivity (Wildman–Crippen MR) is 82.7 cm³/mol. The monoisotopic (exact) mass is 281 g/mol. The molecular formula is C16H27NO3. The topological polar surface area (TPSA) is 55.4 Å². The quantitative estimate of drug-likeness (QED) is 0.666. The number of nitrogens with one attached hydrogen (secondary N) is 1. The minimum Gasteiger partial charge on any atom is -0.465 e. The molecule has 0 fully saturated rings. The van der Waals surface area contributed by atoms with Crippen LogP contribution in [0.15, 0.2) is 30.3 Å². The number of hydrogen-bond donors (Lipinski definition) is 1. The van der Waals surface area contributed by atoms with Crippen LogP contribution in [-0.2, 0) is 20.7 Å². The van der Waals surface area contributed by atoms with E-state index in [0.29, 0.717) is 13.0 Å². The molecule has 1 rings (SSSR count). The normalized spacial score (nSPS) is 10.1. The maximum absolute atomic E-state index is 11.5. The second kappa shape index (κ2) is 15.4. The Morgan fingerprint density at radius 2 is 1.80 bits per heavy atom. The van der Waals surface area contributed by atoms with Crippen LogP contribution in [0.5, 0.6) is 0 Å². The van der Waals surface area contributed by atoms with Gasteiger partial charge in [-0.2, -0.15) is 0 Å². The average Bonchev–Trinajstić information content (AvgIpc) is 2.49. The fraction of sp³-hybridized carbons (Fsp3) is 0.500. The minimum atomic E-state index is -0.257. The standard InChI is InChI=1S/C12H17NO2.C2H4O.C2H6/c1-3-15-12(14)11(13-2)9-10-7-5-4-6-8-10;1-2-3;1-2/h4-8,11,13H,3,9H2,1-2H3;2H,1H3;1-2H3. The number of aldehydes is 1. The predicted octanol–water partition coefficient (Wildman–Crippen LogP) is 2.61. The van der Waals surface area contributed by atoms with Crippen molar-refractivity contribution in [3.8, 4) is 0 Å². The maximum atomic E-state index is 11.5. The van der Waals surface area contributed by atoms with Gasteiger partial charge < -0.3 is 14.8 Å². The fourth-order valence-corrected chi connectivity index (χ4v) is 1.40. The van der Waals surface area contributed by atoms with Crippen molar-refractivity contribution in [3.05, 3.63) is 35.9 Å². The third kappa shape index (κ3) is 10.3. The Bertz CT molecular complexity index is 339. The Morgan fingerprint density at radius 3 is 2.20 bits per heavy atom. The number of ether oxygens (including phenoxy) is 1. The van der Waals surface area contributed by atoms with E-state index in [9.17, 15) is 4.79 Å². The molecule has 0 spiro atoms. The van der Waals surface area contributed by atoms with Crippen molar-refractivity contribution in [3.63, 3.8) is 0 Å². The largest absolute Gasteiger partial charge is 0.465 e. The van der Waals surface area contributed by atoms with Crippen molar-refractivity contribution < 1.29 is 14.3 Å². The van der Waals surface area contributed by atoms with Gasteiger partial charge in [-0.05, 0) is 32.9 Å². The first-order valence-electron chi connectivity index (χ1n) is 6.97. The zero-order valence-electron chi connectivity index (χ0n) is 13.2. The molecule has 0 heterocycles. The van der Waals surface area contributed by atoms with E-state index in [-0.39, 0.29) is 12.0 Å². The molecule has 1 atom stereocenters. The second-order valence-electron chi connectivity index (χ2n) is 3.52. The molecule has 0 bridgehead atoms. The summed E-state index contributed by atoms with van der Waals surface area (Å²) in [4.78, 5) is 20.3. The van der Waals surface area contributed by atoms with Gasteiger partial charge in [0.2, 0.25) is 0 Å². The summed E-state index contributed by atoms with van der Waals surface area (Å²) >= 11 is 0. The van der Waals surface area contributed by atoms with Gasteiger partial charge in [-0.25, -0.2) is 0 Å². The highest BCUT2D eigenvalue weighted by Gasteiger charge is 2.17. The number of hydrogen-bond acceptors (Lipinski definition) is 4. The highest BCUT2D eigenvalue weighted by molar-refractivity contribution is 5.76. The molecule has 0 saturated carbocycles. The summed E-state index contributed by atoms with van der Waals surface area (Å²) in [5, 5.41) is 2.96. The van der Waals surface area contributed by atoms with Gasteiger partial charge in [0, 0.05) is 0 Å². The highest BCUT2D eigenvalue weighted by atomic mass is 16.5. The van der Waals surface area contributed by atoms with Crippen LogP contribution >= 0.6 is 0 Å². The highest BCUT2D eigenvalue weighted by Crippen LogP contribution is 2.04. The third-order valence-electron chi connectivity index (χ3n) is 2.20. The lowest BCUT2D eigenvalue weighted by Crippen LogP contribution is -2.37. The van der Waals surface area contributed by atoms with Crippen LogP contribution in [0.3, 0.4) is 0 Å². The van der Waals surface area contributed by atoms with E-state index in [2.05, 4.69) is 5.32 Å². The van der Waals surface area contributed by atoms with Gasteiger partial charge in [0.25, 0.3) is 0 Å². The number of likely N-dealkylation sites (N-methyl/N-ethyl adjacent to an activating group) is 1. The first-order chi connectivity index (χ1) is 9.69. The molecule has 0 saturated heterocycles. The molecule has 1 aromatic rings. The minimum absolute atomic E-state index is 0.191. The lowest BCUT2D eigenvalue weighted by atomic mass is 10.1. The van der Waals surface area contributed by atoms with E-state index in [1.165, 1.54) is 6.92 Å². The lowest BCUT2D eigenvalue weighted by Gasteiger charge is -2.14. The van der Waals surface area contributed by atoms with Crippen LogP contribution in [0, 0.1) is 0 Å². The summed E-state index contributed by atoms with van der Waals surface area (Å²) < 4.78 is 4.97. The van der Waals surface area contributed by atoms with Crippen LogP contribution in [0.1, 0.15) is 33.3 Å². The summed E-state index contributed by atoms with van der Waals surface area (Å²) in [7, 11) is 1.77. The molecule has 0 aromatic heterocycles. The van der Waals surface area contributed by atoms with Gasteiger partial charge in [0.1, 0.15) is 12.3 Å². The first kappa shape index (κ1) is 20.6. The summed E-state index contributed by atoms with van der Waals surface area (Å²) in [5.41, 5.74) is 1.13. The van der Waals surface area contributed by atoms with Gasteiger partial charge in [-0.15, -0.1) is 0 Å². The van der Waals surface area contributed by atoms with Gasteiger partial charge >= 0.3 is 5.97 Å². The lowest BCUT2D eigenvalue weighted by molar-refractivity contribution is -0.145. The van der Waals surface area contributed by atoms with Crippen molar-refractivity contribution in [2.24, 2.45) is 0 Å². The molecule has 0 aliphatic heterocycles. The summed E-state index contributed by atoms with van der Waals surface area (Å²) in [5.74, 6) is -0.191. The van der Waals surface area contributed by atoms with E-state index in [1.807, 2.05) is 51.1 Å². The number of esters is 1. The SMILES string of the molecule is CC.CC=O.CCOC(=O)C(Cc1ccccc1)NC. The fourth-order valence-electron chi connectivity index (χ4n) is 1.40. The number of rotatable bonds is 5. The molecule has 0 amide bonds. The Labute approximate surface area is 122 Å². The van der Waals surface area contributed by atoms with Crippen molar-refractivity contribution in [1.29, 1.82) is 0 Å². The molecule has 0 aliphatic rings. The Hall–Kier alpha value is -1.68. The molecule has 0 aliphatic carbocycles. The first-order valence-corrected chi connectivity index (χ1v) is 6.97. The third-order valence-corrected chi connectivity index (χ3v) is 2.20. The zero-order chi connectivity index (χ0) is 15.8. The van der Waals surface area contributed by atoms with Gasteiger partial charge in [-0.1, -0.05) is 44.2 Å². The molecule has 4 heteroatoms. The molecular weight excluding hydrogens is 254 g/mol. The molecule has 114 valence electrons. The van der Waals surface area contributed by atoms with Gasteiger partial charge in [0.15, 0.2) is 0 Å². The van der Waals surface area contributed by atoms with E-state index in [0.717, 1.165) is 11.8 Å². The Kier molecular flexibility index (Phi) is 15.9. The summed E-state index contributed by atoms with van der Waals surface area (Å²) in [6.45, 7) is 7.68. The van der Waals surface area contributed by atoms with Crippen LogP contribution in [0.25, 0.3) is 0 Å². The van der Waals surface area contributed by atoms with Crippen molar-refractivity contribution in [2.75, 3.05) is 13.7 Å². The molecule has 1 aromatic carbocycles. The van der Waals surface area contributed by atoms with Crippen LogP contribution in [0.2, 0.25) is 0 Å². The smallest absolute Gasteiger partial charge is 0.323 e. The average molecular weight is 281 g/mol. The second-order valence-corrected chi connectivity index (χ2v) is 3.52. The Balaban J connectivity index is 0. The maximum Gasteiger partial charge on any atom is 0.323 e. The zero-order valence-corrected chi connectivity index (χ0v) is 13.2. The Morgan fingerprint density at radius 1 is 1.30 bits per heavy atom. The molecule has 1 N–H and O–H groups in total. The van der Waals surface area contributed by atoms with Crippen molar-refractivity contribution in [2.45, 2.75) is 40.2 Å². The number of carbonyl (C=O) groups is 2. The van der Waals surface area contributed by atoms with E-state index in [1.54, 1.807) is 7.05 Å². The van der Waals surface area contributed by atoms with Crippen molar-refractivity contribution >= 4 is 12.3 Å². The molecule has 20 heavy (non-hydrogen) atoms. The summed E-state index contributed by atoms with van der Waals surface area (Å²) in [6, 6.07) is 9.64. The van der Waals surface area contributed by atoms with E-state index < -0.39 is 0 Å². The van der Waals surface area contributed by atoms with Crippen molar-refractivity contribution in [1.82, 2.24) is 5.32 Å². The number of benzene rings is 1. The van der Waals surface area contributed by atoms with Gasteiger partial charge in [-0.3, -0.25) is 4.79 Å². The molecule has 0 radical (unpaired) electrons. The number of carbonyl (C=O) groups excluding carboxylic acids is 2. The van der Waals surface area contributed by atoms with E-state index >= 15 is 0 Å².